The van der Waals surface area contributed by atoms with Crippen LogP contribution in [0.15, 0.2) is 72.8 Å². The molecule has 0 N–H and O–H groups in total. The van der Waals surface area contributed by atoms with Gasteiger partial charge in [-0.2, -0.15) is 5.10 Å². The van der Waals surface area contributed by atoms with Crippen molar-refractivity contribution in [2.75, 3.05) is 30.3 Å². The van der Waals surface area contributed by atoms with Crippen LogP contribution in [-0.2, 0) is 9.59 Å². The van der Waals surface area contributed by atoms with Crippen LogP contribution < -0.4 is 4.90 Å². The largest absolute Gasteiger partial charge is 0.341 e. The molecule has 0 radical (unpaired) electrons. The molecule has 2 amide bonds. The zero-order chi connectivity index (χ0) is 27.8. The first-order valence-electron chi connectivity index (χ1n) is 13.6. The second-order valence-corrected chi connectivity index (χ2v) is 11.9. The van der Waals surface area contributed by atoms with E-state index in [4.69, 9.17) is 16.7 Å². The predicted molar refractivity (Wildman–Crippen MR) is 162 cm³/mol. The van der Waals surface area contributed by atoms with Gasteiger partial charge < -0.3 is 4.90 Å². The van der Waals surface area contributed by atoms with Crippen molar-refractivity contribution in [2.45, 2.75) is 31.9 Å². The van der Waals surface area contributed by atoms with Gasteiger partial charge in [0.25, 0.3) is 0 Å². The third-order valence-corrected chi connectivity index (χ3v) is 9.46. The van der Waals surface area contributed by atoms with Crippen molar-refractivity contribution >= 4 is 41.0 Å². The maximum Gasteiger partial charge on any atom is 0.242 e. The van der Waals surface area contributed by atoms with Crippen LogP contribution in [0.4, 0.5) is 5.82 Å². The topological polar surface area (TPSA) is 58.4 Å². The Hall–Kier alpha value is -3.55. The first-order valence-corrected chi connectivity index (χ1v) is 15.1. The van der Waals surface area contributed by atoms with Gasteiger partial charge in [0.2, 0.25) is 11.8 Å². The minimum Gasteiger partial charge on any atom is -0.341 e. The van der Waals surface area contributed by atoms with Crippen molar-refractivity contribution in [3.8, 4) is 16.9 Å². The standard InChI is InChI=1S/C32H31ClN4O2S/c1-21-11-10-16-26(22(21)2)37-32-29(30(34-37)23-12-4-3-5-13-23)31(24-14-6-7-15-25(24)33)40-20-28(39)36(32)19-27(38)35-17-8-9-18-35/h3-7,10-16,31H,8-9,17-20H2,1-2H3/t31-/m0/s1. The van der Waals surface area contributed by atoms with Gasteiger partial charge in [0, 0.05) is 29.2 Å². The van der Waals surface area contributed by atoms with Crippen LogP contribution in [0, 0.1) is 13.8 Å². The number of thioether (sulfide) groups is 1. The fourth-order valence-electron chi connectivity index (χ4n) is 5.60. The molecule has 3 heterocycles. The van der Waals surface area contributed by atoms with Crippen molar-refractivity contribution in [3.63, 3.8) is 0 Å². The van der Waals surface area contributed by atoms with Crippen LogP contribution in [-0.4, -0.2) is 51.9 Å². The number of rotatable bonds is 5. The third kappa shape index (κ3) is 4.82. The molecule has 6 nitrogen and oxygen atoms in total. The Labute approximate surface area is 243 Å². The number of halogens is 1. The summed E-state index contributed by atoms with van der Waals surface area (Å²) in [6.07, 6.45) is 1.99. The number of likely N-dealkylation sites (tertiary alicyclic amines) is 1. The number of benzene rings is 3. The van der Waals surface area contributed by atoms with Gasteiger partial charge in [-0.25, -0.2) is 4.68 Å². The second-order valence-electron chi connectivity index (χ2n) is 10.4. The minimum absolute atomic E-state index is 0.0214. The van der Waals surface area contributed by atoms with E-state index in [0.717, 1.165) is 65.1 Å². The summed E-state index contributed by atoms with van der Waals surface area (Å²) >= 11 is 8.32. The number of fused-ring (bicyclic) bond motifs is 1. The number of carbonyl (C=O) groups excluding carboxylic acids is 2. The van der Waals surface area contributed by atoms with Crippen LogP contribution in [0.25, 0.3) is 16.9 Å². The number of anilines is 1. The fourth-order valence-corrected chi connectivity index (χ4v) is 7.14. The van der Waals surface area contributed by atoms with Crippen LogP contribution >= 0.6 is 23.4 Å². The molecule has 40 heavy (non-hydrogen) atoms. The molecule has 204 valence electrons. The quantitative estimate of drug-likeness (QED) is 0.271. The van der Waals surface area contributed by atoms with Crippen LogP contribution in [0.5, 0.6) is 0 Å². The van der Waals surface area contributed by atoms with Gasteiger partial charge in [-0.1, -0.05) is 72.3 Å². The highest BCUT2D eigenvalue weighted by Gasteiger charge is 2.39. The van der Waals surface area contributed by atoms with Crippen LogP contribution in [0.1, 0.15) is 40.3 Å². The molecule has 3 aromatic carbocycles. The zero-order valence-corrected chi connectivity index (χ0v) is 24.2. The van der Waals surface area contributed by atoms with E-state index in [2.05, 4.69) is 19.9 Å². The monoisotopic (exact) mass is 570 g/mol. The highest BCUT2D eigenvalue weighted by atomic mass is 35.5. The van der Waals surface area contributed by atoms with Gasteiger partial charge in [0.05, 0.1) is 22.4 Å². The molecule has 2 aliphatic rings. The Balaban J connectivity index is 1.64. The number of hydrogen-bond acceptors (Lipinski definition) is 4. The Bertz CT molecular complexity index is 1580. The number of nitrogens with zero attached hydrogens (tertiary/aromatic N) is 4. The number of carbonyl (C=O) groups is 2. The lowest BCUT2D eigenvalue weighted by molar-refractivity contribution is -0.130. The van der Waals surface area contributed by atoms with Crippen molar-refractivity contribution < 1.29 is 9.59 Å². The molecule has 0 aliphatic carbocycles. The third-order valence-electron chi connectivity index (χ3n) is 7.88. The van der Waals surface area contributed by atoms with Crippen molar-refractivity contribution in [1.29, 1.82) is 0 Å². The predicted octanol–water partition coefficient (Wildman–Crippen LogP) is 6.60. The molecular formula is C32H31ClN4O2S. The van der Waals surface area contributed by atoms with Crippen LogP contribution in [0.3, 0.4) is 0 Å². The van der Waals surface area contributed by atoms with Crippen LogP contribution in [0.2, 0.25) is 5.02 Å². The maximum absolute atomic E-state index is 13.9. The van der Waals surface area contributed by atoms with Crippen molar-refractivity contribution in [2.24, 2.45) is 0 Å². The van der Waals surface area contributed by atoms with E-state index in [1.807, 2.05) is 76.3 Å². The molecule has 0 bridgehead atoms. The number of aryl methyl sites for hydroxylation is 1. The first kappa shape index (κ1) is 26.7. The Kier molecular flexibility index (Phi) is 7.43. The highest BCUT2D eigenvalue weighted by Crippen LogP contribution is 2.50. The fraction of sp³-hybridized carbons (Fsp3) is 0.281. The molecule has 1 fully saturated rings. The Morgan fingerprint density at radius 3 is 2.45 bits per heavy atom. The molecule has 1 aromatic heterocycles. The lowest BCUT2D eigenvalue weighted by atomic mass is 9.99. The molecular weight excluding hydrogens is 540 g/mol. The molecule has 1 atom stereocenters. The van der Waals surface area contributed by atoms with Gasteiger partial charge in [0.1, 0.15) is 12.4 Å². The summed E-state index contributed by atoms with van der Waals surface area (Å²) in [6.45, 7) is 5.58. The maximum atomic E-state index is 13.9. The SMILES string of the molecule is Cc1cccc(-n2nc(-c3ccccc3)c3c2N(CC(=O)N2CCCC2)C(=O)CS[C@H]3c2ccccc2Cl)c1C. The molecule has 1 saturated heterocycles. The van der Waals surface area contributed by atoms with E-state index in [9.17, 15) is 9.59 Å². The van der Waals surface area contributed by atoms with Gasteiger partial charge in [-0.15, -0.1) is 11.8 Å². The summed E-state index contributed by atoms with van der Waals surface area (Å²) in [5.74, 6) is 0.714. The first-order chi connectivity index (χ1) is 19.4. The Morgan fingerprint density at radius 2 is 1.70 bits per heavy atom. The molecule has 4 aromatic rings. The molecule has 2 aliphatic heterocycles. The lowest BCUT2D eigenvalue weighted by Crippen LogP contribution is -2.43. The van der Waals surface area contributed by atoms with E-state index >= 15 is 0 Å². The second kappa shape index (κ2) is 11.1. The van der Waals surface area contributed by atoms with E-state index in [0.29, 0.717) is 10.8 Å². The Morgan fingerprint density at radius 1 is 0.975 bits per heavy atom. The van der Waals surface area contributed by atoms with Crippen molar-refractivity contribution in [3.05, 3.63) is 100 Å². The van der Waals surface area contributed by atoms with E-state index in [1.165, 1.54) is 11.8 Å². The number of aromatic nitrogens is 2. The summed E-state index contributed by atoms with van der Waals surface area (Å²) in [5.41, 5.74) is 6.62. The summed E-state index contributed by atoms with van der Waals surface area (Å²) in [4.78, 5) is 31.0. The summed E-state index contributed by atoms with van der Waals surface area (Å²) in [7, 11) is 0. The summed E-state index contributed by atoms with van der Waals surface area (Å²) < 4.78 is 1.88. The number of hydrogen-bond donors (Lipinski definition) is 0. The van der Waals surface area contributed by atoms with Crippen molar-refractivity contribution in [1.82, 2.24) is 14.7 Å². The zero-order valence-electron chi connectivity index (χ0n) is 22.6. The molecule has 6 rings (SSSR count). The number of amides is 2. The summed E-state index contributed by atoms with van der Waals surface area (Å²) in [6, 6.07) is 23.9. The normalized spacial score (nSPS) is 17.2. The molecule has 8 heteroatoms. The molecule has 0 unspecified atom stereocenters. The molecule has 0 saturated carbocycles. The average Bonchev–Trinajstić information content (AvgIpc) is 3.61. The van der Waals surface area contributed by atoms with E-state index in [1.54, 1.807) is 4.90 Å². The molecule has 0 spiro atoms. The van der Waals surface area contributed by atoms with Gasteiger partial charge in [-0.05, 0) is 55.5 Å². The highest BCUT2D eigenvalue weighted by molar-refractivity contribution is 8.00. The van der Waals surface area contributed by atoms with Gasteiger partial charge in [0.15, 0.2) is 0 Å². The summed E-state index contributed by atoms with van der Waals surface area (Å²) in [5, 5.41) is 5.59. The lowest BCUT2D eigenvalue weighted by Gasteiger charge is -2.26. The van der Waals surface area contributed by atoms with E-state index in [-0.39, 0.29) is 29.4 Å². The van der Waals surface area contributed by atoms with Gasteiger partial charge >= 0.3 is 0 Å². The van der Waals surface area contributed by atoms with E-state index < -0.39 is 0 Å². The average molecular weight is 571 g/mol. The van der Waals surface area contributed by atoms with Gasteiger partial charge in [-0.3, -0.25) is 14.5 Å². The smallest absolute Gasteiger partial charge is 0.242 e. The minimum atomic E-state index is -0.256.